The van der Waals surface area contributed by atoms with Gasteiger partial charge < -0.3 is 0 Å². The minimum Gasteiger partial charge on any atom is -0.281 e. The summed E-state index contributed by atoms with van der Waals surface area (Å²) in [6.45, 7) is 0. The van der Waals surface area contributed by atoms with Crippen molar-refractivity contribution in [2.75, 3.05) is 0 Å². The molecule has 0 aliphatic heterocycles. The zero-order valence-electron chi connectivity index (χ0n) is 6.44. The number of carbonyl (C=O) groups excluding carboxylic acids is 1. The minimum atomic E-state index is -0.652. The molecule has 0 spiro atoms. The normalized spacial score (nSPS) is 9.62. The highest BCUT2D eigenvalue weighted by molar-refractivity contribution is 6.66. The molecule has 0 N–H and O–H groups in total. The smallest absolute Gasteiger partial charge is 0.269 e. The minimum absolute atomic E-state index is 0.0633. The number of hydrogen-bond donors (Lipinski definition) is 0. The Morgan fingerprint density at radius 2 is 2.23 bits per heavy atom. The van der Waals surface area contributed by atoms with E-state index in [4.69, 9.17) is 11.6 Å². The van der Waals surface area contributed by atoms with Crippen LogP contribution in [-0.4, -0.2) is 10.2 Å². The number of nitrogens with zero attached hydrogens (tertiary/aromatic N) is 1. The average molecular weight is 199 g/mol. The first-order valence-electron chi connectivity index (χ1n) is 3.38. The van der Waals surface area contributed by atoms with Crippen LogP contribution >= 0.6 is 11.6 Å². The van der Waals surface area contributed by atoms with E-state index in [1.807, 2.05) is 0 Å². The maximum atomic E-state index is 10.4. The molecule has 0 unspecified atom stereocenters. The molecule has 0 aromatic heterocycles. The molecular weight excluding hydrogens is 194 g/mol. The van der Waals surface area contributed by atoms with Crippen molar-refractivity contribution in [2.24, 2.45) is 0 Å². The SMILES string of the molecule is O=C(Cl)[CH]c1cccc([N+](=O)[O-])c1. The molecule has 1 aromatic rings. The Kier molecular flexibility index (Phi) is 2.97. The first-order chi connectivity index (χ1) is 6.09. The average Bonchev–Trinajstić information content (AvgIpc) is 2.03. The van der Waals surface area contributed by atoms with Crippen molar-refractivity contribution in [2.45, 2.75) is 0 Å². The molecule has 0 saturated carbocycles. The van der Waals surface area contributed by atoms with Crippen LogP contribution in [0.4, 0.5) is 5.69 Å². The number of non-ortho nitro benzene ring substituents is 1. The molecule has 1 aromatic carbocycles. The van der Waals surface area contributed by atoms with Crippen molar-refractivity contribution in [3.8, 4) is 0 Å². The highest BCUT2D eigenvalue weighted by Crippen LogP contribution is 2.14. The van der Waals surface area contributed by atoms with Gasteiger partial charge in [-0.15, -0.1) is 0 Å². The van der Waals surface area contributed by atoms with E-state index in [1.165, 1.54) is 18.2 Å². The molecule has 5 heteroatoms. The van der Waals surface area contributed by atoms with E-state index in [0.29, 0.717) is 5.56 Å². The fourth-order valence-corrected chi connectivity index (χ4v) is 0.985. The molecule has 0 aliphatic rings. The fraction of sp³-hybridized carbons (Fsp3) is 0. The van der Waals surface area contributed by atoms with Gasteiger partial charge >= 0.3 is 0 Å². The third kappa shape index (κ3) is 2.83. The van der Waals surface area contributed by atoms with Gasteiger partial charge in [0.05, 0.1) is 11.3 Å². The maximum Gasteiger partial charge on any atom is 0.269 e. The summed E-state index contributed by atoms with van der Waals surface area (Å²) in [6.07, 6.45) is 1.12. The van der Waals surface area contributed by atoms with Gasteiger partial charge in [0.2, 0.25) is 5.24 Å². The van der Waals surface area contributed by atoms with Crippen molar-refractivity contribution in [3.05, 3.63) is 46.4 Å². The summed E-state index contributed by atoms with van der Waals surface area (Å²) in [5, 5.41) is 9.66. The van der Waals surface area contributed by atoms with Crippen molar-refractivity contribution >= 4 is 22.5 Å². The number of rotatable bonds is 3. The van der Waals surface area contributed by atoms with Gasteiger partial charge in [-0.3, -0.25) is 14.9 Å². The molecule has 0 fully saturated rings. The topological polar surface area (TPSA) is 60.2 Å². The van der Waals surface area contributed by atoms with Crippen molar-refractivity contribution in [1.29, 1.82) is 0 Å². The Balaban J connectivity index is 2.91. The van der Waals surface area contributed by atoms with Crippen LogP contribution in [0, 0.1) is 16.5 Å². The second-order valence-electron chi connectivity index (χ2n) is 2.30. The van der Waals surface area contributed by atoms with Gasteiger partial charge in [0.15, 0.2) is 0 Å². The number of halogens is 1. The summed E-state index contributed by atoms with van der Waals surface area (Å²) in [7, 11) is 0. The summed E-state index contributed by atoms with van der Waals surface area (Å²) >= 11 is 5.08. The Morgan fingerprint density at radius 1 is 1.54 bits per heavy atom. The molecule has 1 rings (SSSR count). The van der Waals surface area contributed by atoms with E-state index in [9.17, 15) is 14.9 Å². The second-order valence-corrected chi connectivity index (χ2v) is 2.67. The highest BCUT2D eigenvalue weighted by atomic mass is 35.5. The van der Waals surface area contributed by atoms with E-state index in [2.05, 4.69) is 0 Å². The molecule has 4 nitrogen and oxygen atoms in total. The molecule has 0 bridgehead atoms. The molecule has 0 amide bonds. The van der Waals surface area contributed by atoms with E-state index >= 15 is 0 Å². The van der Waals surface area contributed by atoms with E-state index in [0.717, 1.165) is 6.42 Å². The third-order valence-corrected chi connectivity index (χ3v) is 1.47. The van der Waals surface area contributed by atoms with Crippen molar-refractivity contribution in [3.63, 3.8) is 0 Å². The van der Waals surface area contributed by atoms with Gasteiger partial charge in [0.1, 0.15) is 0 Å². The highest BCUT2D eigenvalue weighted by Gasteiger charge is 2.07. The number of benzene rings is 1. The molecular formula is C8H5ClNO3. The Bertz CT molecular complexity index is 351. The fourth-order valence-electron chi connectivity index (χ4n) is 0.859. The lowest BCUT2D eigenvalue weighted by Crippen LogP contribution is -1.92. The molecule has 13 heavy (non-hydrogen) atoms. The first-order valence-corrected chi connectivity index (χ1v) is 3.76. The van der Waals surface area contributed by atoms with Crippen LogP contribution in [0.3, 0.4) is 0 Å². The van der Waals surface area contributed by atoms with Crippen LogP contribution in [0.2, 0.25) is 0 Å². The zero-order valence-corrected chi connectivity index (χ0v) is 7.19. The summed E-state index contributed by atoms with van der Waals surface area (Å²) < 4.78 is 0. The van der Waals surface area contributed by atoms with Gasteiger partial charge in [0, 0.05) is 12.1 Å². The van der Waals surface area contributed by atoms with Crippen molar-refractivity contribution < 1.29 is 9.72 Å². The van der Waals surface area contributed by atoms with Crippen LogP contribution in [0.5, 0.6) is 0 Å². The standard InChI is InChI=1S/C8H5ClNO3/c9-8(11)5-6-2-1-3-7(4-6)10(12)13/h1-5H. The monoisotopic (exact) mass is 198 g/mol. The van der Waals surface area contributed by atoms with Crippen LogP contribution in [0.1, 0.15) is 5.56 Å². The maximum absolute atomic E-state index is 10.4. The Hall–Kier alpha value is -1.42. The molecule has 1 radical (unpaired) electrons. The number of carbonyl (C=O) groups is 1. The zero-order chi connectivity index (χ0) is 9.84. The second kappa shape index (κ2) is 4.00. The molecule has 0 atom stereocenters. The van der Waals surface area contributed by atoms with Gasteiger partial charge in [-0.05, 0) is 17.2 Å². The molecule has 0 heterocycles. The Morgan fingerprint density at radius 3 is 2.77 bits per heavy atom. The first kappa shape index (κ1) is 9.67. The van der Waals surface area contributed by atoms with Gasteiger partial charge in [-0.2, -0.15) is 0 Å². The molecule has 0 aliphatic carbocycles. The lowest BCUT2D eigenvalue weighted by atomic mass is 10.1. The summed E-state index contributed by atoms with van der Waals surface area (Å²) in [6, 6.07) is 5.67. The van der Waals surface area contributed by atoms with E-state index in [1.54, 1.807) is 6.07 Å². The lowest BCUT2D eigenvalue weighted by Gasteiger charge is -1.95. The van der Waals surface area contributed by atoms with E-state index < -0.39 is 10.2 Å². The van der Waals surface area contributed by atoms with Gasteiger partial charge in [-0.1, -0.05) is 12.1 Å². The molecule has 0 saturated heterocycles. The van der Waals surface area contributed by atoms with Crippen LogP contribution in [0.15, 0.2) is 24.3 Å². The summed E-state index contributed by atoms with van der Waals surface area (Å²) in [5.74, 6) is 0. The molecule has 67 valence electrons. The Labute approximate surface area is 79.3 Å². The predicted octanol–water partition coefficient (Wildman–Crippen LogP) is 1.91. The van der Waals surface area contributed by atoms with Gasteiger partial charge in [-0.25, -0.2) is 0 Å². The summed E-state index contributed by atoms with van der Waals surface area (Å²) in [4.78, 5) is 20.2. The predicted molar refractivity (Wildman–Crippen MR) is 47.4 cm³/mol. The van der Waals surface area contributed by atoms with Crippen LogP contribution < -0.4 is 0 Å². The third-order valence-electron chi connectivity index (χ3n) is 1.36. The van der Waals surface area contributed by atoms with Gasteiger partial charge in [0.25, 0.3) is 5.69 Å². The van der Waals surface area contributed by atoms with Crippen molar-refractivity contribution in [1.82, 2.24) is 0 Å². The quantitative estimate of drug-likeness (QED) is 0.424. The van der Waals surface area contributed by atoms with Crippen LogP contribution in [-0.2, 0) is 4.79 Å². The number of nitro groups is 1. The number of hydrogen-bond acceptors (Lipinski definition) is 3. The van der Waals surface area contributed by atoms with E-state index in [-0.39, 0.29) is 5.69 Å². The van der Waals surface area contributed by atoms with Crippen LogP contribution in [0.25, 0.3) is 0 Å². The summed E-state index contributed by atoms with van der Waals surface area (Å²) in [5.41, 5.74) is 0.362. The largest absolute Gasteiger partial charge is 0.281 e. The number of nitro benzene ring substituents is 1. The lowest BCUT2D eigenvalue weighted by molar-refractivity contribution is -0.384.